The van der Waals surface area contributed by atoms with Crippen molar-refractivity contribution in [3.8, 4) is 23.0 Å². The van der Waals surface area contributed by atoms with Gasteiger partial charge in [0.25, 0.3) is 0 Å². The van der Waals surface area contributed by atoms with Crippen LogP contribution in [0.4, 0.5) is 0 Å². The molecule has 2 saturated heterocycles. The number of phenolic OH excluding ortho intramolecular Hbond substituents is 1. The molecule has 0 spiro atoms. The van der Waals surface area contributed by atoms with Crippen LogP contribution in [-0.4, -0.2) is 130 Å². The highest BCUT2D eigenvalue weighted by atomic mass is 16.7. The van der Waals surface area contributed by atoms with Gasteiger partial charge in [-0.2, -0.15) is 0 Å². The molecule has 7 N–H and O–H groups in total. The average Bonchev–Trinajstić information content (AvgIpc) is 3.01. The van der Waals surface area contributed by atoms with Gasteiger partial charge in [0.05, 0.1) is 38.1 Å². The number of hydrogen-bond donors (Lipinski definition) is 7. The van der Waals surface area contributed by atoms with Gasteiger partial charge in [-0.25, -0.2) is 0 Å². The Kier molecular flexibility index (Phi) is 8.87. The Bertz CT molecular complexity index is 1440. The third-order valence-corrected chi connectivity index (χ3v) is 8.13. The Balaban J connectivity index is 1.40. The smallest absolute Gasteiger partial charge is 0.229 e. The molecule has 2 aromatic rings. The third-order valence-electron chi connectivity index (χ3n) is 8.13. The first kappa shape index (κ1) is 32.0. The Morgan fingerprint density at radius 1 is 0.727 bits per heavy atom. The van der Waals surface area contributed by atoms with Gasteiger partial charge < -0.3 is 64.2 Å². The number of phenols is 1. The molecular weight excluding hydrogens is 588 g/mol. The number of methoxy groups -OCH3 is 2. The van der Waals surface area contributed by atoms with Gasteiger partial charge in [0.1, 0.15) is 65.7 Å². The van der Waals surface area contributed by atoms with Crippen molar-refractivity contribution in [2.45, 2.75) is 75.3 Å². The van der Waals surface area contributed by atoms with E-state index < -0.39 is 85.3 Å². The molecule has 0 saturated carbocycles. The molecule has 15 nitrogen and oxygen atoms in total. The number of carbonyl (C=O) groups excluding carboxylic acids is 2. The highest BCUT2D eigenvalue weighted by Crippen LogP contribution is 2.43. The Hall–Kier alpha value is -3.38. The zero-order valence-electron chi connectivity index (χ0n) is 24.1. The van der Waals surface area contributed by atoms with Crippen LogP contribution in [0.25, 0.3) is 0 Å². The molecule has 240 valence electrons. The van der Waals surface area contributed by atoms with E-state index >= 15 is 0 Å². The number of aromatic hydroxyl groups is 1. The fourth-order valence-electron chi connectivity index (χ4n) is 5.44. The molecule has 2 fully saturated rings. The van der Waals surface area contributed by atoms with Crippen molar-refractivity contribution in [1.29, 1.82) is 0 Å². The first-order valence-corrected chi connectivity index (χ1v) is 13.7. The monoisotopic (exact) mass is 622 g/mol. The molecule has 44 heavy (non-hydrogen) atoms. The van der Waals surface area contributed by atoms with Crippen molar-refractivity contribution in [1.82, 2.24) is 0 Å². The fraction of sp³-hybridized carbons (Fsp3) is 0.517. The summed E-state index contributed by atoms with van der Waals surface area (Å²) in [6.07, 6.45) is -15.3. The van der Waals surface area contributed by atoms with Crippen molar-refractivity contribution in [2.24, 2.45) is 0 Å². The second kappa shape index (κ2) is 12.2. The standard InChI is InChI=1S/C29H34O15/c1-9-14(7-13-18(19(9)30)23(34)17-12(21(13)32)5-11(39-3)6-15(17)40-4)43-29-27(38)25(36)22(33)16(44-29)8-41-28-26(37)24(35)20(31)10(2)42-28/h5-7,10,16,20,22,24-31,33,35-38H,8H2,1-4H3. The number of benzene rings is 2. The number of hydrogen-bond acceptors (Lipinski definition) is 15. The summed E-state index contributed by atoms with van der Waals surface area (Å²) in [4.78, 5) is 27.1. The van der Waals surface area contributed by atoms with E-state index in [0.29, 0.717) is 0 Å². The fourth-order valence-corrected chi connectivity index (χ4v) is 5.44. The molecule has 0 bridgehead atoms. The molecule has 0 amide bonds. The van der Waals surface area contributed by atoms with E-state index in [1.807, 2.05) is 0 Å². The lowest BCUT2D eigenvalue weighted by Gasteiger charge is -2.42. The summed E-state index contributed by atoms with van der Waals surface area (Å²) in [5.74, 6) is -1.74. The van der Waals surface area contributed by atoms with Crippen LogP contribution in [0.3, 0.4) is 0 Å². The van der Waals surface area contributed by atoms with E-state index in [9.17, 15) is 45.3 Å². The van der Waals surface area contributed by atoms with Crippen LogP contribution >= 0.6 is 0 Å². The highest BCUT2D eigenvalue weighted by Gasteiger charge is 2.48. The van der Waals surface area contributed by atoms with E-state index in [0.717, 1.165) is 0 Å². The number of ketones is 2. The SMILES string of the molecule is COc1cc(OC)c2c(c1)C(=O)c1cc(OC3OC(COC4OC(C)C(O)C(O)C4O)C(O)C(O)C3O)c(C)c(O)c1C2=O. The molecule has 10 unspecified atom stereocenters. The zero-order chi connectivity index (χ0) is 32.2. The van der Waals surface area contributed by atoms with Gasteiger partial charge in [0.15, 0.2) is 12.1 Å². The quantitative estimate of drug-likeness (QED) is 0.159. The highest BCUT2D eigenvalue weighted by molar-refractivity contribution is 6.30. The van der Waals surface area contributed by atoms with Crippen LogP contribution < -0.4 is 14.2 Å². The summed E-state index contributed by atoms with van der Waals surface area (Å²) in [5, 5.41) is 72.9. The molecular formula is C29H34O15. The first-order valence-electron chi connectivity index (χ1n) is 13.7. The van der Waals surface area contributed by atoms with Gasteiger partial charge in [-0.1, -0.05) is 0 Å². The number of ether oxygens (including phenoxy) is 6. The molecule has 2 heterocycles. The van der Waals surface area contributed by atoms with Crippen molar-refractivity contribution in [2.75, 3.05) is 20.8 Å². The molecule has 0 radical (unpaired) electrons. The molecule has 5 rings (SSSR count). The van der Waals surface area contributed by atoms with E-state index in [4.69, 9.17) is 28.4 Å². The topological polar surface area (TPSA) is 231 Å². The average molecular weight is 623 g/mol. The van der Waals surface area contributed by atoms with Crippen LogP contribution in [0.15, 0.2) is 18.2 Å². The number of carbonyl (C=O) groups is 2. The largest absolute Gasteiger partial charge is 0.507 e. The molecule has 2 aromatic carbocycles. The number of aliphatic hydroxyl groups excluding tert-OH is 6. The minimum atomic E-state index is -1.82. The first-order chi connectivity index (χ1) is 20.8. The van der Waals surface area contributed by atoms with Gasteiger partial charge >= 0.3 is 0 Å². The van der Waals surface area contributed by atoms with Gasteiger partial charge in [-0.3, -0.25) is 9.59 Å². The maximum atomic E-state index is 13.6. The van der Waals surface area contributed by atoms with Crippen molar-refractivity contribution >= 4 is 11.6 Å². The summed E-state index contributed by atoms with van der Waals surface area (Å²) in [6, 6.07) is 3.99. The Morgan fingerprint density at radius 2 is 1.36 bits per heavy atom. The molecule has 10 atom stereocenters. The summed E-state index contributed by atoms with van der Waals surface area (Å²) in [5.41, 5.74) is -0.569. The van der Waals surface area contributed by atoms with Crippen molar-refractivity contribution in [3.63, 3.8) is 0 Å². The van der Waals surface area contributed by atoms with E-state index in [2.05, 4.69) is 0 Å². The van der Waals surface area contributed by atoms with E-state index in [1.165, 1.54) is 46.3 Å². The molecule has 2 aliphatic heterocycles. The number of rotatable bonds is 7. The van der Waals surface area contributed by atoms with Crippen LogP contribution in [0.1, 0.15) is 44.3 Å². The predicted octanol–water partition coefficient (Wildman–Crippen LogP) is -1.48. The van der Waals surface area contributed by atoms with E-state index in [-0.39, 0.29) is 45.1 Å². The summed E-state index contributed by atoms with van der Waals surface area (Å²) in [6.45, 7) is 2.32. The maximum absolute atomic E-state index is 13.6. The third kappa shape index (κ3) is 5.29. The van der Waals surface area contributed by atoms with Gasteiger partial charge in [0, 0.05) is 22.8 Å². The Labute approximate surface area is 250 Å². The summed E-state index contributed by atoms with van der Waals surface area (Å²) < 4.78 is 32.8. The lowest BCUT2D eigenvalue weighted by atomic mass is 9.82. The normalized spacial score (nSPS) is 33.4. The minimum Gasteiger partial charge on any atom is -0.507 e. The molecule has 1 aliphatic carbocycles. The van der Waals surface area contributed by atoms with E-state index in [1.54, 1.807) is 0 Å². The molecule has 3 aliphatic rings. The summed E-state index contributed by atoms with van der Waals surface area (Å²) in [7, 11) is 2.70. The summed E-state index contributed by atoms with van der Waals surface area (Å²) >= 11 is 0. The zero-order valence-corrected chi connectivity index (χ0v) is 24.1. The van der Waals surface area contributed by atoms with Crippen LogP contribution in [0.5, 0.6) is 23.0 Å². The Morgan fingerprint density at radius 3 is 2.02 bits per heavy atom. The number of aliphatic hydroxyl groups is 6. The second-order valence-electron chi connectivity index (χ2n) is 10.8. The van der Waals surface area contributed by atoms with Gasteiger partial charge in [-0.05, 0) is 26.0 Å². The molecule has 15 heteroatoms. The van der Waals surface area contributed by atoms with Crippen molar-refractivity contribution in [3.05, 3.63) is 46.0 Å². The van der Waals surface area contributed by atoms with Gasteiger partial charge in [-0.15, -0.1) is 0 Å². The van der Waals surface area contributed by atoms with Gasteiger partial charge in [0.2, 0.25) is 12.1 Å². The minimum absolute atomic E-state index is 0.00491. The van der Waals surface area contributed by atoms with Crippen LogP contribution in [0.2, 0.25) is 0 Å². The predicted molar refractivity (Wildman–Crippen MR) is 145 cm³/mol. The lowest BCUT2D eigenvalue weighted by molar-refractivity contribution is -0.318. The number of fused-ring (bicyclic) bond motifs is 2. The van der Waals surface area contributed by atoms with Crippen LogP contribution in [-0.2, 0) is 14.2 Å². The van der Waals surface area contributed by atoms with Crippen LogP contribution in [0, 0.1) is 6.92 Å². The molecule has 0 aromatic heterocycles. The van der Waals surface area contributed by atoms with Crippen molar-refractivity contribution < 1.29 is 73.8 Å². The maximum Gasteiger partial charge on any atom is 0.229 e. The lowest BCUT2D eigenvalue weighted by Crippen LogP contribution is -2.61. The second-order valence-corrected chi connectivity index (χ2v) is 10.8.